The van der Waals surface area contributed by atoms with E-state index in [1.54, 1.807) is 18.7 Å². The Balaban J connectivity index is 1.86. The zero-order valence-corrected chi connectivity index (χ0v) is 11.6. The molecule has 1 aromatic heterocycles. The fourth-order valence-electron chi connectivity index (χ4n) is 1.57. The zero-order valence-electron chi connectivity index (χ0n) is 11.6. The van der Waals surface area contributed by atoms with Gasteiger partial charge in [0.15, 0.2) is 0 Å². The number of rotatable bonds is 5. The molecule has 1 aromatic carbocycles. The first-order chi connectivity index (χ1) is 9.75. The van der Waals surface area contributed by atoms with Crippen molar-refractivity contribution in [2.75, 3.05) is 19.0 Å². The molecule has 0 unspecified atom stereocenters. The van der Waals surface area contributed by atoms with Crippen LogP contribution in [0.1, 0.15) is 11.3 Å². The van der Waals surface area contributed by atoms with E-state index in [9.17, 15) is 0 Å². The first-order valence-electron chi connectivity index (χ1n) is 6.29. The maximum atomic E-state index is 5.09. The van der Waals surface area contributed by atoms with Crippen LogP contribution in [-0.4, -0.2) is 26.5 Å². The molecule has 102 valence electrons. The Labute approximate surface area is 118 Å². The normalized spacial score (nSPS) is 11.9. The molecule has 0 saturated carbocycles. The number of furan rings is 1. The van der Waals surface area contributed by atoms with E-state index in [-0.39, 0.29) is 0 Å². The second-order valence-electron chi connectivity index (χ2n) is 4.37. The molecule has 1 heterocycles. The van der Waals surface area contributed by atoms with Crippen molar-refractivity contribution in [3.8, 4) is 0 Å². The Hall–Kier alpha value is -2.62. The molecule has 4 heteroatoms. The average Bonchev–Trinajstić information content (AvgIpc) is 2.96. The lowest BCUT2D eigenvalue weighted by Crippen LogP contribution is -2.07. The highest BCUT2D eigenvalue weighted by Gasteiger charge is 1.92. The Bertz CT molecular complexity index is 593. The number of anilines is 1. The molecule has 0 radical (unpaired) electrons. The fraction of sp³-hybridized carbons (Fsp3) is 0.125. The highest BCUT2D eigenvalue weighted by atomic mass is 16.3. The lowest BCUT2D eigenvalue weighted by molar-refractivity contribution is 0.560. The van der Waals surface area contributed by atoms with Gasteiger partial charge in [-0.1, -0.05) is 18.2 Å². The van der Waals surface area contributed by atoms with Gasteiger partial charge in [0.05, 0.1) is 12.5 Å². The van der Waals surface area contributed by atoms with Gasteiger partial charge in [-0.3, -0.25) is 0 Å². The van der Waals surface area contributed by atoms with Crippen LogP contribution in [0.15, 0.2) is 63.4 Å². The minimum atomic E-state index is 0.686. The van der Waals surface area contributed by atoms with Gasteiger partial charge >= 0.3 is 0 Å². The van der Waals surface area contributed by atoms with E-state index in [2.05, 4.69) is 39.4 Å². The summed E-state index contributed by atoms with van der Waals surface area (Å²) in [5.74, 6) is 0.686. The lowest BCUT2D eigenvalue weighted by atomic mass is 10.2. The molecule has 0 spiro atoms. The predicted molar refractivity (Wildman–Crippen MR) is 84.6 cm³/mol. The number of benzene rings is 1. The van der Waals surface area contributed by atoms with E-state index in [0.29, 0.717) is 5.76 Å². The van der Waals surface area contributed by atoms with E-state index < -0.39 is 0 Å². The van der Waals surface area contributed by atoms with Crippen molar-refractivity contribution in [3.05, 3.63) is 60.1 Å². The average molecular weight is 267 g/mol. The van der Waals surface area contributed by atoms with Crippen LogP contribution in [0.5, 0.6) is 0 Å². The van der Waals surface area contributed by atoms with Gasteiger partial charge in [-0.05, 0) is 35.9 Å². The first-order valence-corrected chi connectivity index (χ1v) is 6.29. The van der Waals surface area contributed by atoms with E-state index >= 15 is 0 Å². The molecular weight excluding hydrogens is 250 g/mol. The number of allylic oxidation sites excluding steroid dienone is 1. The summed E-state index contributed by atoms with van der Waals surface area (Å²) in [6, 6.07) is 11.9. The summed E-state index contributed by atoms with van der Waals surface area (Å²) in [5, 5.41) is 7.77. The van der Waals surface area contributed by atoms with Crippen LogP contribution in [0.3, 0.4) is 0 Å². The topological polar surface area (TPSA) is 41.1 Å². The van der Waals surface area contributed by atoms with Crippen LogP contribution in [-0.2, 0) is 0 Å². The maximum absolute atomic E-state index is 5.09. The second kappa shape index (κ2) is 7.09. The van der Waals surface area contributed by atoms with Crippen LogP contribution in [0.4, 0.5) is 5.69 Å². The molecular formula is C16H17N3O. The molecule has 0 aliphatic carbocycles. The Morgan fingerprint density at radius 1 is 1.05 bits per heavy atom. The summed E-state index contributed by atoms with van der Waals surface area (Å²) in [6.07, 6.45) is 8.63. The minimum Gasteiger partial charge on any atom is -0.463 e. The Morgan fingerprint density at radius 3 is 2.50 bits per heavy atom. The molecule has 0 aliphatic heterocycles. The van der Waals surface area contributed by atoms with Crippen molar-refractivity contribution in [2.45, 2.75) is 0 Å². The van der Waals surface area contributed by atoms with Crippen molar-refractivity contribution in [3.63, 3.8) is 0 Å². The van der Waals surface area contributed by atoms with Crippen molar-refractivity contribution < 1.29 is 4.42 Å². The summed E-state index contributed by atoms with van der Waals surface area (Å²) in [5.41, 5.74) is 2.30. The fourth-order valence-corrected chi connectivity index (χ4v) is 1.57. The summed E-state index contributed by atoms with van der Waals surface area (Å²) in [4.78, 5) is 2.07. The molecule has 2 aromatic rings. The maximum Gasteiger partial charge on any atom is 0.146 e. The highest BCUT2D eigenvalue weighted by Crippen LogP contribution is 2.12. The molecule has 0 atom stereocenters. The van der Waals surface area contributed by atoms with Crippen LogP contribution < -0.4 is 4.90 Å². The molecule has 0 aliphatic rings. The third-order valence-corrected chi connectivity index (χ3v) is 2.65. The summed E-state index contributed by atoms with van der Waals surface area (Å²) in [7, 11) is 4.04. The largest absolute Gasteiger partial charge is 0.463 e. The molecule has 0 saturated heterocycles. The van der Waals surface area contributed by atoms with Gasteiger partial charge in [-0.15, -0.1) is 0 Å². The van der Waals surface area contributed by atoms with Gasteiger partial charge < -0.3 is 9.32 Å². The van der Waals surface area contributed by atoms with Crippen LogP contribution in [0, 0.1) is 0 Å². The van der Waals surface area contributed by atoms with Crippen molar-refractivity contribution in [2.24, 2.45) is 10.2 Å². The quantitative estimate of drug-likeness (QED) is 0.615. The molecule has 0 fully saturated rings. The van der Waals surface area contributed by atoms with Gasteiger partial charge in [-0.25, -0.2) is 0 Å². The number of hydrogen-bond donors (Lipinski definition) is 0. The molecule has 4 nitrogen and oxygen atoms in total. The van der Waals surface area contributed by atoms with Gasteiger partial charge in [0.25, 0.3) is 0 Å². The molecule has 0 bridgehead atoms. The Kier molecular flexibility index (Phi) is 4.89. The Morgan fingerprint density at radius 2 is 1.85 bits per heavy atom. The van der Waals surface area contributed by atoms with E-state index in [1.807, 2.05) is 38.4 Å². The number of nitrogens with zero attached hydrogens (tertiary/aromatic N) is 3. The van der Waals surface area contributed by atoms with Crippen molar-refractivity contribution in [1.29, 1.82) is 0 Å². The smallest absolute Gasteiger partial charge is 0.146 e. The van der Waals surface area contributed by atoms with Gasteiger partial charge in [-0.2, -0.15) is 10.2 Å². The predicted octanol–water partition coefficient (Wildman–Crippen LogP) is 3.46. The van der Waals surface area contributed by atoms with E-state index in [0.717, 1.165) is 5.56 Å². The second-order valence-corrected chi connectivity index (χ2v) is 4.37. The summed E-state index contributed by atoms with van der Waals surface area (Å²) in [6.45, 7) is 0. The van der Waals surface area contributed by atoms with Gasteiger partial charge in [0, 0.05) is 26.0 Å². The van der Waals surface area contributed by atoms with Gasteiger partial charge in [0.2, 0.25) is 0 Å². The zero-order chi connectivity index (χ0) is 14.2. The van der Waals surface area contributed by atoms with Crippen LogP contribution >= 0.6 is 0 Å². The standard InChI is InChI=1S/C16H17N3O/c1-19(2)15-9-7-14(8-10-15)5-3-11-17-18-13-16-6-4-12-20-16/h3-13H,1-2H3. The summed E-state index contributed by atoms with van der Waals surface area (Å²) >= 11 is 0. The minimum absolute atomic E-state index is 0.686. The molecule has 20 heavy (non-hydrogen) atoms. The summed E-state index contributed by atoms with van der Waals surface area (Å²) < 4.78 is 5.09. The molecule has 0 amide bonds. The first kappa shape index (κ1) is 13.8. The van der Waals surface area contributed by atoms with Crippen LogP contribution in [0.2, 0.25) is 0 Å². The number of hydrogen-bond acceptors (Lipinski definition) is 4. The SMILES string of the molecule is CN(C)c1ccc(C=CC=NN=Cc2ccco2)cc1. The lowest BCUT2D eigenvalue weighted by Gasteiger charge is -2.11. The van der Waals surface area contributed by atoms with E-state index in [4.69, 9.17) is 4.42 Å². The highest BCUT2D eigenvalue weighted by molar-refractivity contribution is 5.80. The third kappa shape index (κ3) is 4.24. The molecule has 0 N–H and O–H groups in total. The van der Waals surface area contributed by atoms with Crippen molar-refractivity contribution in [1.82, 2.24) is 0 Å². The van der Waals surface area contributed by atoms with Gasteiger partial charge in [0.1, 0.15) is 5.76 Å². The monoisotopic (exact) mass is 267 g/mol. The third-order valence-electron chi connectivity index (χ3n) is 2.65. The van der Waals surface area contributed by atoms with Crippen LogP contribution in [0.25, 0.3) is 6.08 Å². The van der Waals surface area contributed by atoms with E-state index in [1.165, 1.54) is 5.69 Å². The molecule has 2 rings (SSSR count). The van der Waals surface area contributed by atoms with Crippen molar-refractivity contribution >= 4 is 24.2 Å².